The van der Waals surface area contributed by atoms with E-state index >= 15 is 0 Å². The molecule has 3 rings (SSSR count). The first-order valence-electron chi connectivity index (χ1n) is 9.76. The van der Waals surface area contributed by atoms with E-state index in [-0.39, 0.29) is 43.4 Å². The van der Waals surface area contributed by atoms with E-state index in [1.165, 1.54) is 22.5 Å². The van der Waals surface area contributed by atoms with Gasteiger partial charge in [0.25, 0.3) is 0 Å². The number of ether oxygens (including phenoxy) is 1. The number of halogens is 2. The van der Waals surface area contributed by atoms with E-state index in [2.05, 4.69) is 0 Å². The van der Waals surface area contributed by atoms with Crippen molar-refractivity contribution in [2.75, 3.05) is 32.8 Å². The first-order chi connectivity index (χ1) is 14.3. The summed E-state index contributed by atoms with van der Waals surface area (Å²) in [5.41, 5.74) is 0.541. The van der Waals surface area contributed by atoms with Crippen molar-refractivity contribution in [3.05, 3.63) is 59.7 Å². The molecule has 1 aliphatic rings. The molecule has 1 amide bonds. The highest BCUT2D eigenvalue weighted by molar-refractivity contribution is 7.89. The zero-order valence-electron chi connectivity index (χ0n) is 16.7. The molecule has 0 bridgehead atoms. The third-order valence-electron chi connectivity index (χ3n) is 4.98. The summed E-state index contributed by atoms with van der Waals surface area (Å²) in [5.74, 6) is -1.39. The molecule has 1 fully saturated rings. The van der Waals surface area contributed by atoms with Crippen LogP contribution in [0.5, 0.6) is 5.75 Å². The molecule has 0 atom stereocenters. The number of aryl methyl sites for hydroxylation is 1. The fourth-order valence-electron chi connectivity index (χ4n) is 3.31. The molecule has 1 saturated heterocycles. The predicted molar refractivity (Wildman–Crippen MR) is 108 cm³/mol. The number of hydrogen-bond acceptors (Lipinski definition) is 4. The molecule has 0 N–H and O–H groups in total. The van der Waals surface area contributed by atoms with Crippen LogP contribution < -0.4 is 4.74 Å². The van der Waals surface area contributed by atoms with Crippen LogP contribution in [0.3, 0.4) is 0 Å². The number of hydrogen-bond donors (Lipinski definition) is 0. The third-order valence-corrected chi connectivity index (χ3v) is 6.89. The minimum atomic E-state index is -3.64. The van der Waals surface area contributed by atoms with Crippen LogP contribution in [0, 0.1) is 11.6 Å². The quantitative estimate of drug-likeness (QED) is 0.667. The van der Waals surface area contributed by atoms with Crippen LogP contribution in [0.25, 0.3) is 0 Å². The Morgan fingerprint density at radius 3 is 2.27 bits per heavy atom. The maximum atomic E-state index is 13.3. The van der Waals surface area contributed by atoms with Crippen LogP contribution >= 0.6 is 0 Å². The number of nitrogens with zero attached hydrogens (tertiary/aromatic N) is 2. The van der Waals surface area contributed by atoms with Crippen molar-refractivity contribution in [2.45, 2.75) is 24.7 Å². The highest BCUT2D eigenvalue weighted by Gasteiger charge is 2.30. The van der Waals surface area contributed by atoms with Crippen LogP contribution in [-0.4, -0.2) is 56.3 Å². The number of sulfonamides is 1. The Hall–Kier alpha value is -2.52. The van der Waals surface area contributed by atoms with E-state index in [1.54, 1.807) is 17.0 Å². The number of piperazine rings is 1. The Kier molecular flexibility index (Phi) is 7.04. The van der Waals surface area contributed by atoms with E-state index in [0.29, 0.717) is 24.3 Å². The summed E-state index contributed by atoms with van der Waals surface area (Å²) < 4.78 is 58.6. The Bertz CT molecular complexity index is 989. The summed E-state index contributed by atoms with van der Waals surface area (Å²) >= 11 is 0. The lowest BCUT2D eigenvalue weighted by Crippen LogP contribution is -2.50. The molecule has 9 heteroatoms. The molecule has 0 aliphatic carbocycles. The largest absolute Gasteiger partial charge is 0.494 e. The SMILES string of the molecule is CCOc1ccc(S(=O)(=O)N2CCN(C(=O)CCc3ccc(F)c(F)c3)CC2)cc1. The average Bonchev–Trinajstić information content (AvgIpc) is 2.75. The predicted octanol–water partition coefficient (Wildman–Crippen LogP) is 2.83. The van der Waals surface area contributed by atoms with Gasteiger partial charge in [0.1, 0.15) is 5.75 Å². The maximum absolute atomic E-state index is 13.3. The molecular weight excluding hydrogens is 414 g/mol. The van der Waals surface area contributed by atoms with Gasteiger partial charge in [-0.3, -0.25) is 4.79 Å². The zero-order chi connectivity index (χ0) is 21.7. The van der Waals surface area contributed by atoms with Crippen molar-refractivity contribution in [2.24, 2.45) is 0 Å². The molecule has 0 saturated carbocycles. The van der Waals surface area contributed by atoms with E-state index in [9.17, 15) is 22.0 Å². The van der Waals surface area contributed by atoms with E-state index < -0.39 is 21.7 Å². The molecular formula is C21H24F2N2O4S. The first-order valence-corrected chi connectivity index (χ1v) is 11.2. The van der Waals surface area contributed by atoms with Gasteiger partial charge in [-0.25, -0.2) is 17.2 Å². The summed E-state index contributed by atoms with van der Waals surface area (Å²) in [6.07, 6.45) is 0.442. The maximum Gasteiger partial charge on any atom is 0.243 e. The summed E-state index contributed by atoms with van der Waals surface area (Å²) in [7, 11) is -3.64. The minimum Gasteiger partial charge on any atom is -0.494 e. The molecule has 2 aromatic carbocycles. The lowest BCUT2D eigenvalue weighted by molar-refractivity contribution is -0.132. The van der Waals surface area contributed by atoms with Crippen LogP contribution in [0.4, 0.5) is 8.78 Å². The van der Waals surface area contributed by atoms with E-state index in [1.807, 2.05) is 6.92 Å². The molecule has 0 unspecified atom stereocenters. The number of benzene rings is 2. The minimum absolute atomic E-state index is 0.141. The van der Waals surface area contributed by atoms with Crippen LogP contribution in [-0.2, 0) is 21.2 Å². The fourth-order valence-corrected chi connectivity index (χ4v) is 4.73. The van der Waals surface area contributed by atoms with Gasteiger partial charge in [-0.1, -0.05) is 6.07 Å². The average molecular weight is 438 g/mol. The molecule has 0 radical (unpaired) electrons. The van der Waals surface area contributed by atoms with E-state index in [0.717, 1.165) is 12.1 Å². The van der Waals surface area contributed by atoms with Crippen molar-refractivity contribution in [3.8, 4) is 5.75 Å². The summed E-state index contributed by atoms with van der Waals surface area (Å²) in [6, 6.07) is 9.85. The molecule has 162 valence electrons. The van der Waals surface area contributed by atoms with Gasteiger partial charge in [-0.2, -0.15) is 4.31 Å². The van der Waals surface area contributed by atoms with Crippen LogP contribution in [0.15, 0.2) is 47.4 Å². The Morgan fingerprint density at radius 1 is 1.00 bits per heavy atom. The van der Waals surface area contributed by atoms with Crippen molar-refractivity contribution < 1.29 is 26.7 Å². The molecule has 1 aliphatic heterocycles. The van der Waals surface area contributed by atoms with Gasteiger partial charge < -0.3 is 9.64 Å². The topological polar surface area (TPSA) is 66.9 Å². The second kappa shape index (κ2) is 9.53. The van der Waals surface area contributed by atoms with Gasteiger partial charge in [-0.15, -0.1) is 0 Å². The van der Waals surface area contributed by atoms with Gasteiger partial charge >= 0.3 is 0 Å². The third kappa shape index (κ3) is 5.14. The molecule has 1 heterocycles. The van der Waals surface area contributed by atoms with Crippen molar-refractivity contribution in [1.82, 2.24) is 9.21 Å². The highest BCUT2D eigenvalue weighted by atomic mass is 32.2. The monoisotopic (exact) mass is 438 g/mol. The lowest BCUT2D eigenvalue weighted by atomic mass is 10.1. The molecule has 0 aromatic heterocycles. The highest BCUT2D eigenvalue weighted by Crippen LogP contribution is 2.21. The number of carbonyl (C=O) groups is 1. The van der Waals surface area contributed by atoms with Crippen molar-refractivity contribution >= 4 is 15.9 Å². The fraction of sp³-hybridized carbons (Fsp3) is 0.381. The Morgan fingerprint density at radius 2 is 1.67 bits per heavy atom. The molecule has 2 aromatic rings. The standard InChI is InChI=1S/C21H24F2N2O4S/c1-2-29-17-5-7-18(8-6-17)30(27,28)25-13-11-24(12-14-25)21(26)10-4-16-3-9-19(22)20(23)15-16/h3,5-9,15H,2,4,10-14H2,1H3. The van der Waals surface area contributed by atoms with Gasteiger partial charge in [0, 0.05) is 32.6 Å². The van der Waals surface area contributed by atoms with Crippen molar-refractivity contribution in [3.63, 3.8) is 0 Å². The number of carbonyl (C=O) groups excluding carboxylic acids is 1. The second-order valence-corrected chi connectivity index (χ2v) is 8.88. The zero-order valence-corrected chi connectivity index (χ0v) is 17.5. The first kappa shape index (κ1) is 22.2. The molecule has 0 spiro atoms. The number of rotatable bonds is 7. The Balaban J connectivity index is 1.54. The lowest BCUT2D eigenvalue weighted by Gasteiger charge is -2.34. The number of amides is 1. The van der Waals surface area contributed by atoms with Gasteiger partial charge in [0.15, 0.2) is 11.6 Å². The van der Waals surface area contributed by atoms with E-state index in [4.69, 9.17) is 4.74 Å². The molecule has 30 heavy (non-hydrogen) atoms. The van der Waals surface area contributed by atoms with Crippen LogP contribution in [0.2, 0.25) is 0 Å². The summed E-state index contributed by atoms with van der Waals surface area (Å²) in [4.78, 5) is 14.2. The smallest absolute Gasteiger partial charge is 0.243 e. The normalized spacial score (nSPS) is 15.2. The summed E-state index contributed by atoms with van der Waals surface area (Å²) in [6.45, 7) is 3.32. The molecule has 6 nitrogen and oxygen atoms in total. The van der Waals surface area contributed by atoms with Gasteiger partial charge in [0.2, 0.25) is 15.9 Å². The second-order valence-electron chi connectivity index (χ2n) is 6.94. The summed E-state index contributed by atoms with van der Waals surface area (Å²) in [5, 5.41) is 0. The van der Waals surface area contributed by atoms with Gasteiger partial charge in [-0.05, 0) is 55.3 Å². The van der Waals surface area contributed by atoms with Crippen molar-refractivity contribution in [1.29, 1.82) is 0 Å². The van der Waals surface area contributed by atoms with Gasteiger partial charge in [0.05, 0.1) is 11.5 Å². The Labute approximate surface area is 175 Å². The van der Waals surface area contributed by atoms with Crippen LogP contribution in [0.1, 0.15) is 18.9 Å².